The number of hydrogen-bond donors (Lipinski definition) is 1. The van der Waals surface area contributed by atoms with Gasteiger partial charge in [0, 0.05) is 20.1 Å². The van der Waals surface area contributed by atoms with Crippen molar-refractivity contribution in [1.29, 1.82) is 5.26 Å². The number of carbonyl (C=O) groups excluding carboxylic acids is 1. The minimum Gasteiger partial charge on any atom is -0.344 e. The Hall–Kier alpha value is -1.08. The first-order valence-electron chi connectivity index (χ1n) is 6.49. The summed E-state index contributed by atoms with van der Waals surface area (Å²) >= 11 is 0. The molecular formula is C13H23N3O. The predicted molar refractivity (Wildman–Crippen MR) is 67.1 cm³/mol. The molecule has 1 rings (SSSR count). The summed E-state index contributed by atoms with van der Waals surface area (Å²) in [5.41, 5.74) is 5.50. The minimum atomic E-state index is -0.360. The predicted octanol–water partition coefficient (Wildman–Crippen LogP) is 1.66. The molecule has 96 valence electrons. The van der Waals surface area contributed by atoms with Gasteiger partial charge in [-0.2, -0.15) is 5.26 Å². The molecule has 0 radical (unpaired) electrons. The Morgan fingerprint density at radius 1 is 1.35 bits per heavy atom. The second-order valence-electron chi connectivity index (χ2n) is 5.03. The molecule has 0 aromatic carbocycles. The Bertz CT molecular complexity index is 288. The molecule has 0 spiro atoms. The Labute approximate surface area is 104 Å². The maximum absolute atomic E-state index is 12.4. The second kappa shape index (κ2) is 6.61. The Balaban J connectivity index is 2.70. The minimum absolute atomic E-state index is 0.136. The molecule has 1 saturated carbocycles. The molecule has 4 heteroatoms. The molecule has 2 N–H and O–H groups in total. The normalized spacial score (nSPS) is 19.1. The lowest BCUT2D eigenvalue weighted by atomic mass is 9.79. The topological polar surface area (TPSA) is 70.1 Å². The summed E-state index contributed by atoms with van der Waals surface area (Å²) in [6, 6.07) is 2.07. The molecule has 0 aliphatic heterocycles. The first-order valence-corrected chi connectivity index (χ1v) is 6.49. The zero-order valence-corrected chi connectivity index (χ0v) is 10.7. The van der Waals surface area contributed by atoms with E-state index >= 15 is 0 Å². The van der Waals surface area contributed by atoms with E-state index in [9.17, 15) is 4.79 Å². The summed E-state index contributed by atoms with van der Waals surface area (Å²) in [5, 5.41) is 8.56. The van der Waals surface area contributed by atoms with Crippen molar-refractivity contribution in [2.75, 3.05) is 20.1 Å². The third-order valence-electron chi connectivity index (χ3n) is 3.81. The average Bonchev–Trinajstić information content (AvgIpc) is 2.61. The molecular weight excluding hydrogens is 214 g/mol. The quantitative estimate of drug-likeness (QED) is 0.756. The van der Waals surface area contributed by atoms with Crippen molar-refractivity contribution in [3.05, 3.63) is 0 Å². The Morgan fingerprint density at radius 2 is 1.94 bits per heavy atom. The monoisotopic (exact) mass is 237 g/mol. The maximum Gasteiger partial charge on any atom is 0.229 e. The molecule has 1 aliphatic carbocycles. The molecule has 1 amide bonds. The zero-order valence-electron chi connectivity index (χ0n) is 10.7. The van der Waals surface area contributed by atoms with E-state index in [-0.39, 0.29) is 11.3 Å². The van der Waals surface area contributed by atoms with Gasteiger partial charge in [-0.1, -0.05) is 25.7 Å². The van der Waals surface area contributed by atoms with Gasteiger partial charge >= 0.3 is 0 Å². The fourth-order valence-corrected chi connectivity index (χ4v) is 2.63. The number of nitriles is 1. The summed E-state index contributed by atoms with van der Waals surface area (Å²) in [7, 11) is 1.78. The number of carbonyl (C=O) groups is 1. The van der Waals surface area contributed by atoms with Gasteiger partial charge in [-0.05, 0) is 12.8 Å². The second-order valence-corrected chi connectivity index (χ2v) is 5.03. The van der Waals surface area contributed by atoms with Crippen LogP contribution in [0.15, 0.2) is 0 Å². The van der Waals surface area contributed by atoms with E-state index in [0.29, 0.717) is 19.5 Å². The lowest BCUT2D eigenvalue weighted by molar-refractivity contribution is -0.141. The van der Waals surface area contributed by atoms with Crippen LogP contribution in [0.3, 0.4) is 0 Å². The number of nitrogens with two attached hydrogens (primary N) is 1. The van der Waals surface area contributed by atoms with Crippen LogP contribution in [0, 0.1) is 16.7 Å². The highest BCUT2D eigenvalue weighted by Gasteiger charge is 2.38. The third kappa shape index (κ3) is 3.44. The van der Waals surface area contributed by atoms with E-state index in [0.717, 1.165) is 25.7 Å². The van der Waals surface area contributed by atoms with Gasteiger partial charge in [-0.15, -0.1) is 0 Å². The summed E-state index contributed by atoms with van der Waals surface area (Å²) in [5.74, 6) is 0.136. The van der Waals surface area contributed by atoms with Crippen LogP contribution in [-0.2, 0) is 4.79 Å². The van der Waals surface area contributed by atoms with Crippen molar-refractivity contribution in [3.8, 4) is 6.07 Å². The highest BCUT2D eigenvalue weighted by atomic mass is 16.2. The van der Waals surface area contributed by atoms with Crippen molar-refractivity contribution in [1.82, 2.24) is 4.90 Å². The first kappa shape index (κ1) is 14.0. The van der Waals surface area contributed by atoms with Crippen LogP contribution in [0.2, 0.25) is 0 Å². The van der Waals surface area contributed by atoms with Gasteiger partial charge < -0.3 is 10.6 Å². The van der Waals surface area contributed by atoms with Crippen LogP contribution >= 0.6 is 0 Å². The summed E-state index contributed by atoms with van der Waals surface area (Å²) in [6.07, 6.45) is 6.79. The van der Waals surface area contributed by atoms with E-state index in [1.807, 2.05) is 0 Å². The average molecular weight is 237 g/mol. The van der Waals surface area contributed by atoms with Gasteiger partial charge in [0.2, 0.25) is 5.91 Å². The molecule has 0 aromatic heterocycles. The lowest BCUT2D eigenvalue weighted by Crippen LogP contribution is -2.46. The summed E-state index contributed by atoms with van der Waals surface area (Å²) in [6.45, 7) is 0.944. The van der Waals surface area contributed by atoms with E-state index < -0.39 is 0 Å². The number of nitrogens with zero attached hydrogens (tertiary/aromatic N) is 2. The molecule has 0 heterocycles. The van der Waals surface area contributed by atoms with Crippen LogP contribution in [-0.4, -0.2) is 30.9 Å². The summed E-state index contributed by atoms with van der Waals surface area (Å²) in [4.78, 5) is 14.1. The molecule has 1 fully saturated rings. The van der Waals surface area contributed by atoms with E-state index in [1.165, 1.54) is 12.8 Å². The van der Waals surface area contributed by atoms with Crippen LogP contribution in [0.4, 0.5) is 0 Å². The van der Waals surface area contributed by atoms with Gasteiger partial charge in [-0.25, -0.2) is 0 Å². The molecule has 1 aliphatic rings. The molecule has 4 nitrogen and oxygen atoms in total. The first-order chi connectivity index (χ1) is 8.16. The van der Waals surface area contributed by atoms with Crippen molar-refractivity contribution in [2.24, 2.45) is 11.1 Å². The molecule has 0 unspecified atom stereocenters. The van der Waals surface area contributed by atoms with Gasteiger partial charge in [0.1, 0.15) is 0 Å². The molecule has 0 atom stereocenters. The van der Waals surface area contributed by atoms with Crippen molar-refractivity contribution in [2.45, 2.75) is 44.9 Å². The van der Waals surface area contributed by atoms with E-state index in [2.05, 4.69) is 6.07 Å². The number of rotatable bonds is 4. The standard InChI is InChI=1S/C13H23N3O/c1-16(10-6-9-14)12(17)13(11-15)7-4-2-3-5-8-13/h2-8,10-11,15H2,1H3. The molecule has 17 heavy (non-hydrogen) atoms. The Kier molecular flexibility index (Phi) is 5.43. The van der Waals surface area contributed by atoms with Gasteiger partial charge in [0.25, 0.3) is 0 Å². The van der Waals surface area contributed by atoms with Gasteiger partial charge in [-0.3, -0.25) is 4.79 Å². The largest absolute Gasteiger partial charge is 0.344 e. The third-order valence-corrected chi connectivity index (χ3v) is 3.81. The number of hydrogen-bond acceptors (Lipinski definition) is 3. The summed E-state index contributed by atoms with van der Waals surface area (Å²) < 4.78 is 0. The molecule has 0 bridgehead atoms. The van der Waals surface area contributed by atoms with Crippen LogP contribution in [0.5, 0.6) is 0 Å². The fraction of sp³-hybridized carbons (Fsp3) is 0.846. The highest BCUT2D eigenvalue weighted by molar-refractivity contribution is 5.82. The van der Waals surface area contributed by atoms with E-state index in [4.69, 9.17) is 11.0 Å². The molecule has 0 aromatic rings. The fourth-order valence-electron chi connectivity index (χ4n) is 2.63. The maximum atomic E-state index is 12.4. The van der Waals surface area contributed by atoms with E-state index in [1.54, 1.807) is 11.9 Å². The zero-order chi connectivity index (χ0) is 12.7. The van der Waals surface area contributed by atoms with Crippen LogP contribution in [0.25, 0.3) is 0 Å². The smallest absolute Gasteiger partial charge is 0.229 e. The Morgan fingerprint density at radius 3 is 2.41 bits per heavy atom. The lowest BCUT2D eigenvalue weighted by Gasteiger charge is -2.34. The van der Waals surface area contributed by atoms with Crippen molar-refractivity contribution < 1.29 is 4.79 Å². The van der Waals surface area contributed by atoms with Crippen molar-refractivity contribution >= 4 is 5.91 Å². The SMILES string of the molecule is CN(CCC#N)C(=O)C1(CN)CCCCCC1. The number of amides is 1. The van der Waals surface area contributed by atoms with Crippen LogP contribution in [0.1, 0.15) is 44.9 Å². The van der Waals surface area contributed by atoms with Gasteiger partial charge in [0.05, 0.1) is 17.9 Å². The van der Waals surface area contributed by atoms with Crippen LogP contribution < -0.4 is 5.73 Å². The van der Waals surface area contributed by atoms with Crippen molar-refractivity contribution in [3.63, 3.8) is 0 Å². The highest BCUT2D eigenvalue weighted by Crippen LogP contribution is 2.35. The van der Waals surface area contributed by atoms with Gasteiger partial charge in [0.15, 0.2) is 0 Å². The molecule has 0 saturated heterocycles.